The number of rotatable bonds is 7. The molecule has 1 heteroatoms. The van der Waals surface area contributed by atoms with Gasteiger partial charge in [0.15, 0.2) is 0 Å². The maximum Gasteiger partial charge on any atom is 0.0644 e. The Labute approximate surface area is 343 Å². The topological polar surface area (TPSA) is 3.24 Å². The lowest BCUT2D eigenvalue weighted by atomic mass is 9.66. The van der Waals surface area contributed by atoms with Crippen LogP contribution in [-0.4, -0.2) is 6.04 Å². The van der Waals surface area contributed by atoms with Crippen LogP contribution in [0.3, 0.4) is 0 Å². The number of hydrogen-bond donors (Lipinski definition) is 0. The van der Waals surface area contributed by atoms with E-state index in [1.807, 2.05) is 12.2 Å². The highest BCUT2D eigenvalue weighted by atomic mass is 15.2. The van der Waals surface area contributed by atoms with Crippen molar-refractivity contribution in [1.82, 2.24) is 0 Å². The van der Waals surface area contributed by atoms with Gasteiger partial charge in [-0.15, -0.1) is 0 Å². The summed E-state index contributed by atoms with van der Waals surface area (Å²) in [5.74, 6) is 0. The lowest BCUT2D eigenvalue weighted by Gasteiger charge is -2.42. The van der Waals surface area contributed by atoms with E-state index in [4.69, 9.17) is 0 Å². The van der Waals surface area contributed by atoms with E-state index in [1.165, 1.54) is 98.4 Å². The van der Waals surface area contributed by atoms with Gasteiger partial charge in [-0.25, -0.2) is 0 Å². The number of allylic oxidation sites excluding steroid dienone is 11. The Kier molecular flexibility index (Phi) is 8.47. The van der Waals surface area contributed by atoms with E-state index in [0.717, 1.165) is 19.3 Å². The van der Waals surface area contributed by atoms with Gasteiger partial charge in [-0.05, 0) is 122 Å². The fourth-order valence-corrected chi connectivity index (χ4v) is 11.7. The lowest BCUT2D eigenvalue weighted by molar-refractivity contribution is 0.349. The predicted octanol–water partition coefficient (Wildman–Crippen LogP) is 14.5. The van der Waals surface area contributed by atoms with Crippen molar-refractivity contribution in [3.63, 3.8) is 0 Å². The zero-order valence-corrected chi connectivity index (χ0v) is 33.2. The second kappa shape index (κ2) is 14.0. The molecule has 0 aromatic heterocycles. The first kappa shape index (κ1) is 35.0. The zero-order chi connectivity index (χ0) is 38.7. The summed E-state index contributed by atoms with van der Waals surface area (Å²) in [5, 5.41) is 5.20. The van der Waals surface area contributed by atoms with E-state index in [0.29, 0.717) is 0 Å². The molecule has 0 heterocycles. The first-order valence-corrected chi connectivity index (χ1v) is 21.5. The summed E-state index contributed by atoms with van der Waals surface area (Å²) < 4.78 is 0. The normalized spacial score (nSPS) is 21.8. The Morgan fingerprint density at radius 2 is 1.34 bits per heavy atom. The summed E-state index contributed by atoms with van der Waals surface area (Å²) in [4.78, 5) is 2.79. The molecule has 2 unspecified atom stereocenters. The minimum Gasteiger partial charge on any atom is -0.337 e. The molecule has 0 amide bonds. The van der Waals surface area contributed by atoms with E-state index < -0.39 is 5.41 Å². The third-order valence-corrected chi connectivity index (χ3v) is 14.2. The maximum atomic E-state index is 3.96. The minimum atomic E-state index is -0.432. The number of anilines is 1. The van der Waals surface area contributed by atoms with Crippen molar-refractivity contribution in [3.8, 4) is 0 Å². The van der Waals surface area contributed by atoms with Gasteiger partial charge in [-0.2, -0.15) is 0 Å². The molecule has 1 nitrogen and oxygen atoms in total. The molecule has 1 spiro atoms. The third kappa shape index (κ3) is 5.22. The SMILES string of the molecule is C=C/C=C\C=C\C1(c2ccccc2)C2=C(CCC(N(c3ccc4ccc5ccccc5c4c3)C3CC=CC4=C3c3ccccc3C43CCCCC3)=C2)c2ccccc21. The molecule has 5 aliphatic rings. The molecule has 6 aromatic rings. The average Bonchev–Trinajstić information content (AvgIpc) is 3.73. The van der Waals surface area contributed by atoms with Crippen LogP contribution in [0.25, 0.3) is 32.7 Å². The van der Waals surface area contributed by atoms with Crippen molar-refractivity contribution in [2.24, 2.45) is 0 Å². The van der Waals surface area contributed by atoms with Crippen molar-refractivity contribution in [2.45, 2.75) is 68.2 Å². The van der Waals surface area contributed by atoms with Gasteiger partial charge in [0.2, 0.25) is 0 Å². The van der Waals surface area contributed by atoms with Gasteiger partial charge < -0.3 is 4.90 Å². The quantitative estimate of drug-likeness (QED) is 0.116. The molecule has 1 fully saturated rings. The minimum absolute atomic E-state index is 0.112. The Morgan fingerprint density at radius 1 is 0.621 bits per heavy atom. The van der Waals surface area contributed by atoms with Gasteiger partial charge in [0.25, 0.3) is 0 Å². The number of benzene rings is 6. The molecule has 0 aliphatic heterocycles. The van der Waals surface area contributed by atoms with Crippen LogP contribution in [0.5, 0.6) is 0 Å². The second-order valence-corrected chi connectivity index (χ2v) is 17.0. The molecule has 11 rings (SSSR count). The molecule has 0 radical (unpaired) electrons. The van der Waals surface area contributed by atoms with Crippen LogP contribution >= 0.6 is 0 Å². The van der Waals surface area contributed by atoms with Crippen LogP contribution in [0.4, 0.5) is 5.69 Å². The van der Waals surface area contributed by atoms with Crippen molar-refractivity contribution in [3.05, 3.63) is 233 Å². The highest BCUT2D eigenvalue weighted by molar-refractivity contribution is 6.08. The van der Waals surface area contributed by atoms with Crippen LogP contribution in [0.15, 0.2) is 205 Å². The summed E-state index contributed by atoms with van der Waals surface area (Å²) in [6.45, 7) is 3.96. The first-order chi connectivity index (χ1) is 28.7. The fourth-order valence-electron chi connectivity index (χ4n) is 11.7. The number of nitrogens with zero attached hydrogens (tertiary/aromatic N) is 1. The molecular weight excluding hydrogens is 699 g/mol. The summed E-state index contributed by atoms with van der Waals surface area (Å²) in [7, 11) is 0. The average molecular weight is 748 g/mol. The van der Waals surface area contributed by atoms with Crippen LogP contribution in [0.2, 0.25) is 0 Å². The monoisotopic (exact) mass is 747 g/mol. The summed E-state index contributed by atoms with van der Waals surface area (Å²) in [5.41, 5.74) is 15.5. The predicted molar refractivity (Wildman–Crippen MR) is 246 cm³/mol. The van der Waals surface area contributed by atoms with Crippen LogP contribution in [-0.2, 0) is 10.8 Å². The maximum absolute atomic E-state index is 3.96. The Bertz CT molecular complexity index is 2810. The van der Waals surface area contributed by atoms with Gasteiger partial charge in [-0.1, -0.05) is 190 Å². The largest absolute Gasteiger partial charge is 0.337 e. The number of hydrogen-bond acceptors (Lipinski definition) is 1. The van der Waals surface area contributed by atoms with E-state index in [9.17, 15) is 0 Å². The molecule has 282 valence electrons. The van der Waals surface area contributed by atoms with Crippen molar-refractivity contribution in [1.29, 1.82) is 0 Å². The zero-order valence-electron chi connectivity index (χ0n) is 33.2. The van der Waals surface area contributed by atoms with Gasteiger partial charge >= 0.3 is 0 Å². The fraction of sp³-hybridized carbons (Fsp3) is 0.193. The molecule has 58 heavy (non-hydrogen) atoms. The van der Waals surface area contributed by atoms with Crippen molar-refractivity contribution in [2.75, 3.05) is 4.90 Å². The van der Waals surface area contributed by atoms with E-state index >= 15 is 0 Å². The highest BCUT2D eigenvalue weighted by Gasteiger charge is 2.49. The molecule has 5 aliphatic carbocycles. The van der Waals surface area contributed by atoms with Gasteiger partial charge in [0.05, 0.1) is 11.5 Å². The molecule has 6 aromatic carbocycles. The van der Waals surface area contributed by atoms with Crippen LogP contribution in [0, 0.1) is 0 Å². The van der Waals surface area contributed by atoms with E-state index in [2.05, 4.69) is 181 Å². The first-order valence-electron chi connectivity index (χ1n) is 21.5. The molecule has 0 saturated heterocycles. The number of fused-ring (bicyclic) bond motifs is 9. The molecule has 2 atom stereocenters. The van der Waals surface area contributed by atoms with E-state index in [1.54, 1.807) is 16.7 Å². The third-order valence-electron chi connectivity index (χ3n) is 14.2. The second-order valence-electron chi connectivity index (χ2n) is 17.0. The Hall–Kier alpha value is -6.18. The molecule has 0 N–H and O–H groups in total. The van der Waals surface area contributed by atoms with Gasteiger partial charge in [-0.3, -0.25) is 0 Å². The van der Waals surface area contributed by atoms with E-state index in [-0.39, 0.29) is 11.5 Å². The smallest absolute Gasteiger partial charge is 0.0644 e. The Balaban J connectivity index is 1.16. The van der Waals surface area contributed by atoms with Crippen LogP contribution < -0.4 is 4.90 Å². The standard InChI is InChI=1S/C57H49N/c1-2-3-4-17-37-57(42-20-7-5-8-21-42)51-26-14-11-23-46(51)47-34-33-44(39-53(47)57)58(43-32-31-41-30-29-40-19-9-10-22-45(40)49(41)38-43)54-28-18-27-52-55(54)48-24-12-13-25-50(48)56(52)35-15-6-16-36-56/h2-5,7-14,17-27,29-32,37-39,54H,1,6,15-16,28,33-36H2/b4-3-,37-17+. The highest BCUT2D eigenvalue weighted by Crippen LogP contribution is 2.59. The Morgan fingerprint density at radius 3 is 2.19 bits per heavy atom. The molecular formula is C57H49N. The summed E-state index contributed by atoms with van der Waals surface area (Å²) in [6.07, 6.45) is 27.7. The molecule has 1 saturated carbocycles. The van der Waals surface area contributed by atoms with Crippen LogP contribution in [0.1, 0.15) is 79.2 Å². The van der Waals surface area contributed by atoms with Gasteiger partial charge in [0.1, 0.15) is 0 Å². The molecule has 0 bridgehead atoms. The lowest BCUT2D eigenvalue weighted by Crippen LogP contribution is -2.38. The van der Waals surface area contributed by atoms with Gasteiger partial charge in [0, 0.05) is 16.8 Å². The van der Waals surface area contributed by atoms with Crippen molar-refractivity contribution < 1.29 is 0 Å². The van der Waals surface area contributed by atoms with Crippen molar-refractivity contribution >= 4 is 38.4 Å². The summed E-state index contributed by atoms with van der Waals surface area (Å²) in [6, 6.07) is 50.7. The summed E-state index contributed by atoms with van der Waals surface area (Å²) >= 11 is 0.